The fourth-order valence-electron chi connectivity index (χ4n) is 2.65. The Morgan fingerprint density at radius 3 is 2.22 bits per heavy atom. The molecule has 1 heterocycles. The molecule has 0 aliphatic carbocycles. The number of nitrogen functional groups attached to an aromatic ring is 1. The highest BCUT2D eigenvalue weighted by atomic mass is 32.2. The molecule has 1 aromatic heterocycles. The minimum atomic E-state index is -4.00. The average Bonchev–Trinajstić information content (AvgIpc) is 2.74. The highest BCUT2D eigenvalue weighted by molar-refractivity contribution is 7.90. The Balaban J connectivity index is 1.78. The molecule has 0 spiro atoms. The quantitative estimate of drug-likeness (QED) is 0.520. The maximum absolute atomic E-state index is 12.7. The second-order valence-corrected chi connectivity index (χ2v) is 9.14. The Labute approximate surface area is 186 Å². The van der Waals surface area contributed by atoms with E-state index in [1.807, 2.05) is 35.9 Å². The lowest BCUT2D eigenvalue weighted by molar-refractivity contribution is -0.122. The second-order valence-electron chi connectivity index (χ2n) is 7.46. The number of hydrogen-bond acceptors (Lipinski definition) is 7. The van der Waals surface area contributed by atoms with Gasteiger partial charge in [0.05, 0.1) is 16.8 Å². The lowest BCUT2D eigenvalue weighted by atomic mass is 10.1. The monoisotopic (exact) mass is 453 g/mol. The Morgan fingerprint density at radius 2 is 1.62 bits per heavy atom. The van der Waals surface area contributed by atoms with E-state index in [1.54, 1.807) is 13.8 Å². The van der Waals surface area contributed by atoms with Crippen LogP contribution in [-0.4, -0.2) is 30.2 Å². The van der Waals surface area contributed by atoms with E-state index in [2.05, 4.69) is 15.3 Å². The van der Waals surface area contributed by atoms with Crippen LogP contribution in [-0.2, 0) is 14.8 Å². The molecule has 9 nitrogen and oxygen atoms in total. The summed E-state index contributed by atoms with van der Waals surface area (Å²) in [5.74, 6) is -1.71. The number of amides is 2. The van der Waals surface area contributed by atoms with E-state index >= 15 is 0 Å². The molecule has 2 amide bonds. The van der Waals surface area contributed by atoms with Gasteiger partial charge in [0.15, 0.2) is 11.5 Å². The first kappa shape index (κ1) is 22.9. The molecule has 0 aliphatic rings. The summed E-state index contributed by atoms with van der Waals surface area (Å²) in [5.41, 5.74) is 8.48. The van der Waals surface area contributed by atoms with Crippen LogP contribution in [0.2, 0.25) is 0 Å². The van der Waals surface area contributed by atoms with E-state index < -0.39 is 27.8 Å². The number of aryl methyl sites for hydroxylation is 1. The van der Waals surface area contributed by atoms with E-state index in [-0.39, 0.29) is 16.4 Å². The minimum absolute atomic E-state index is 0.0334. The number of nitrogens with one attached hydrogen (secondary N) is 2. The van der Waals surface area contributed by atoms with Crippen LogP contribution >= 0.6 is 0 Å². The van der Waals surface area contributed by atoms with Gasteiger partial charge in [-0.15, -0.1) is 0 Å². The molecule has 3 rings (SSSR count). The number of sulfonamides is 1. The van der Waals surface area contributed by atoms with Crippen molar-refractivity contribution in [2.45, 2.75) is 25.7 Å². The number of rotatable bonds is 6. The van der Waals surface area contributed by atoms with Crippen LogP contribution in [0.5, 0.6) is 0 Å². The van der Waals surface area contributed by atoms with Crippen LogP contribution in [0, 0.1) is 12.8 Å². The second kappa shape index (κ2) is 9.15. The van der Waals surface area contributed by atoms with Gasteiger partial charge in [-0.2, -0.15) is 0 Å². The number of carbonyl (C=O) groups is 2. The van der Waals surface area contributed by atoms with Crippen LogP contribution in [0.25, 0.3) is 11.3 Å². The zero-order valence-electron chi connectivity index (χ0n) is 17.8. The molecule has 0 atom stereocenters. The summed E-state index contributed by atoms with van der Waals surface area (Å²) in [7, 11) is -4.00. The summed E-state index contributed by atoms with van der Waals surface area (Å²) in [6.07, 6.45) is 1.49. The lowest BCUT2D eigenvalue weighted by Crippen LogP contribution is -2.33. The third-order valence-electron chi connectivity index (χ3n) is 4.55. The first-order chi connectivity index (χ1) is 15.1. The van der Waals surface area contributed by atoms with E-state index in [9.17, 15) is 18.0 Å². The van der Waals surface area contributed by atoms with Gasteiger partial charge in [-0.25, -0.2) is 23.1 Å². The number of carbonyl (C=O) groups excluding carboxylic acids is 2. The zero-order valence-corrected chi connectivity index (χ0v) is 18.6. The molecule has 2 aromatic carbocycles. The number of nitrogens with two attached hydrogens (primary N) is 1. The Morgan fingerprint density at radius 1 is 1.00 bits per heavy atom. The molecule has 0 fully saturated rings. The van der Waals surface area contributed by atoms with Gasteiger partial charge in [-0.1, -0.05) is 43.7 Å². The molecular weight excluding hydrogens is 430 g/mol. The van der Waals surface area contributed by atoms with Gasteiger partial charge in [-0.05, 0) is 31.2 Å². The Hall–Kier alpha value is -3.79. The summed E-state index contributed by atoms with van der Waals surface area (Å²) < 4.78 is 26.6. The predicted octanol–water partition coefficient (Wildman–Crippen LogP) is 2.75. The third-order valence-corrected chi connectivity index (χ3v) is 5.91. The normalized spacial score (nSPS) is 11.2. The van der Waals surface area contributed by atoms with E-state index in [1.165, 1.54) is 30.5 Å². The van der Waals surface area contributed by atoms with Crippen molar-refractivity contribution in [2.24, 2.45) is 5.92 Å². The summed E-state index contributed by atoms with van der Waals surface area (Å²) in [5, 5.41) is 2.62. The molecule has 0 unspecified atom stereocenters. The Kier molecular flexibility index (Phi) is 6.54. The maximum Gasteiger partial charge on any atom is 0.278 e. The van der Waals surface area contributed by atoms with E-state index in [0.717, 1.165) is 11.1 Å². The third kappa shape index (κ3) is 5.27. The minimum Gasteiger partial charge on any atom is -0.382 e. The lowest BCUT2D eigenvalue weighted by Gasteiger charge is -2.11. The summed E-state index contributed by atoms with van der Waals surface area (Å²) in [6, 6.07) is 13.0. The van der Waals surface area contributed by atoms with Crippen molar-refractivity contribution in [3.63, 3.8) is 0 Å². The van der Waals surface area contributed by atoms with Crippen LogP contribution in [0.1, 0.15) is 29.9 Å². The molecule has 10 heteroatoms. The van der Waals surface area contributed by atoms with Crippen molar-refractivity contribution in [2.75, 3.05) is 11.1 Å². The van der Waals surface area contributed by atoms with Crippen molar-refractivity contribution in [3.8, 4) is 11.3 Å². The fraction of sp³-hybridized carbons (Fsp3) is 0.182. The number of benzene rings is 2. The average molecular weight is 454 g/mol. The molecule has 3 aromatic rings. The summed E-state index contributed by atoms with van der Waals surface area (Å²) >= 11 is 0. The van der Waals surface area contributed by atoms with Crippen molar-refractivity contribution < 1.29 is 18.0 Å². The molecule has 0 saturated heterocycles. The maximum atomic E-state index is 12.7. The van der Waals surface area contributed by atoms with Crippen molar-refractivity contribution in [1.29, 1.82) is 0 Å². The molecule has 166 valence electrons. The number of hydrogen-bond donors (Lipinski definition) is 3. The summed E-state index contributed by atoms with van der Waals surface area (Å²) in [6.45, 7) is 5.14. The Bertz CT molecular complexity index is 1250. The molecular formula is C22H23N5O4S. The van der Waals surface area contributed by atoms with Gasteiger partial charge < -0.3 is 11.1 Å². The fourth-order valence-corrected chi connectivity index (χ4v) is 3.76. The molecule has 0 bridgehead atoms. The SMILES string of the molecule is Cc1ccc(-c2cnc(N)c(C(=O)Nc3ccc(S(=O)(=O)NC(=O)C(C)C)cc3)n2)cc1. The molecule has 32 heavy (non-hydrogen) atoms. The van der Waals surface area contributed by atoms with Crippen LogP contribution < -0.4 is 15.8 Å². The topological polar surface area (TPSA) is 144 Å². The van der Waals surface area contributed by atoms with Gasteiger partial charge >= 0.3 is 0 Å². The first-order valence-electron chi connectivity index (χ1n) is 9.74. The summed E-state index contributed by atoms with van der Waals surface area (Å²) in [4.78, 5) is 32.7. The van der Waals surface area contributed by atoms with Gasteiger partial charge in [0.25, 0.3) is 15.9 Å². The smallest absolute Gasteiger partial charge is 0.278 e. The zero-order chi connectivity index (χ0) is 23.5. The number of aromatic nitrogens is 2. The van der Waals surface area contributed by atoms with Crippen LogP contribution in [0.15, 0.2) is 59.6 Å². The van der Waals surface area contributed by atoms with Gasteiger partial charge in [-0.3, -0.25) is 9.59 Å². The number of anilines is 2. The van der Waals surface area contributed by atoms with Crippen molar-refractivity contribution in [1.82, 2.24) is 14.7 Å². The highest BCUT2D eigenvalue weighted by Crippen LogP contribution is 2.20. The predicted molar refractivity (Wildman–Crippen MR) is 121 cm³/mol. The van der Waals surface area contributed by atoms with E-state index in [4.69, 9.17) is 5.73 Å². The number of nitrogens with zero attached hydrogens (tertiary/aromatic N) is 2. The van der Waals surface area contributed by atoms with Crippen molar-refractivity contribution in [3.05, 3.63) is 66.0 Å². The van der Waals surface area contributed by atoms with Crippen LogP contribution in [0.4, 0.5) is 11.5 Å². The van der Waals surface area contributed by atoms with Gasteiger partial charge in [0.2, 0.25) is 5.91 Å². The standard InChI is InChI=1S/C22H23N5O4S/c1-13(2)21(28)27-32(30,31)17-10-8-16(9-11-17)25-22(29)19-20(23)24-12-18(26-19)15-6-4-14(3)5-7-15/h4-13H,1-3H3,(H2,23,24)(H,25,29)(H,27,28). The molecule has 0 radical (unpaired) electrons. The van der Waals surface area contributed by atoms with E-state index in [0.29, 0.717) is 11.4 Å². The first-order valence-corrected chi connectivity index (χ1v) is 11.2. The molecule has 0 saturated carbocycles. The van der Waals surface area contributed by atoms with Gasteiger partial charge in [0, 0.05) is 17.2 Å². The van der Waals surface area contributed by atoms with Crippen molar-refractivity contribution >= 4 is 33.3 Å². The molecule has 0 aliphatic heterocycles. The van der Waals surface area contributed by atoms with Crippen LogP contribution in [0.3, 0.4) is 0 Å². The largest absolute Gasteiger partial charge is 0.382 e. The molecule has 4 N–H and O–H groups in total. The van der Waals surface area contributed by atoms with Gasteiger partial charge in [0.1, 0.15) is 0 Å². The highest BCUT2D eigenvalue weighted by Gasteiger charge is 2.20.